The molecule has 0 spiro atoms. The molecule has 0 amide bonds. The Morgan fingerprint density at radius 3 is 2.45 bits per heavy atom. The lowest BCUT2D eigenvalue weighted by Crippen LogP contribution is -1.90. The van der Waals surface area contributed by atoms with Gasteiger partial charge in [0.15, 0.2) is 0 Å². The highest BCUT2D eigenvalue weighted by atomic mass is 16.5. The number of ether oxygens (including phenoxy) is 1. The van der Waals surface area contributed by atoms with Crippen LogP contribution in [0.3, 0.4) is 0 Å². The normalized spacial score (nSPS) is 10.4. The van der Waals surface area contributed by atoms with Crippen LogP contribution in [0.4, 0.5) is 0 Å². The summed E-state index contributed by atoms with van der Waals surface area (Å²) in [5.74, 6) is 0. The fourth-order valence-electron chi connectivity index (χ4n) is 0.710. The third-order valence-electron chi connectivity index (χ3n) is 1.19. The third-order valence-corrected chi connectivity index (χ3v) is 1.19. The lowest BCUT2D eigenvalue weighted by atomic mass is 10.3. The Kier molecular flexibility index (Phi) is 2.60. The van der Waals surface area contributed by atoms with Gasteiger partial charge in [0.1, 0.15) is 0 Å². The first-order chi connectivity index (χ1) is 5.36. The molecule has 0 N–H and O–H groups in total. The molecule has 0 unspecified atom stereocenters. The van der Waals surface area contributed by atoms with Crippen molar-refractivity contribution in [1.82, 2.24) is 9.97 Å². The molecule has 0 radical (unpaired) electrons. The van der Waals surface area contributed by atoms with Crippen LogP contribution in [0, 0.1) is 0 Å². The van der Waals surface area contributed by atoms with Gasteiger partial charge in [-0.1, -0.05) is 12.2 Å². The maximum absolute atomic E-state index is 4.80. The SMILES string of the molecule is C/C=C/c1cnc(OC)nc1. The van der Waals surface area contributed by atoms with E-state index in [2.05, 4.69) is 9.97 Å². The van der Waals surface area contributed by atoms with E-state index in [9.17, 15) is 0 Å². The first-order valence-corrected chi connectivity index (χ1v) is 3.35. The van der Waals surface area contributed by atoms with Crippen LogP contribution in [-0.4, -0.2) is 17.1 Å². The molecule has 0 fully saturated rings. The molecule has 0 aliphatic rings. The zero-order valence-electron chi connectivity index (χ0n) is 6.61. The molecule has 3 nitrogen and oxygen atoms in total. The minimum Gasteiger partial charge on any atom is -0.467 e. The summed E-state index contributed by atoms with van der Waals surface area (Å²) in [6.45, 7) is 1.95. The number of rotatable bonds is 2. The average molecular weight is 150 g/mol. The number of aromatic nitrogens is 2. The summed E-state index contributed by atoms with van der Waals surface area (Å²) in [7, 11) is 1.55. The van der Waals surface area contributed by atoms with Gasteiger partial charge in [0, 0.05) is 18.0 Å². The van der Waals surface area contributed by atoms with Crippen LogP contribution < -0.4 is 4.74 Å². The minimum atomic E-state index is 0.401. The lowest BCUT2D eigenvalue weighted by Gasteiger charge is -1.95. The van der Waals surface area contributed by atoms with Crippen LogP contribution in [0.5, 0.6) is 6.01 Å². The van der Waals surface area contributed by atoms with Gasteiger partial charge in [-0.3, -0.25) is 0 Å². The predicted molar refractivity (Wildman–Crippen MR) is 43.3 cm³/mol. The van der Waals surface area contributed by atoms with Crippen LogP contribution >= 0.6 is 0 Å². The average Bonchev–Trinajstić information content (AvgIpc) is 2.07. The molecule has 0 aromatic carbocycles. The summed E-state index contributed by atoms with van der Waals surface area (Å²) in [5, 5.41) is 0. The van der Waals surface area contributed by atoms with E-state index < -0.39 is 0 Å². The minimum absolute atomic E-state index is 0.401. The largest absolute Gasteiger partial charge is 0.467 e. The van der Waals surface area contributed by atoms with E-state index in [1.54, 1.807) is 19.5 Å². The standard InChI is InChI=1S/C8H10N2O/c1-3-4-7-5-9-8(11-2)10-6-7/h3-6H,1-2H3/b4-3+. The molecular weight excluding hydrogens is 140 g/mol. The molecule has 1 rings (SSSR count). The van der Waals surface area contributed by atoms with Gasteiger partial charge in [-0.25, -0.2) is 9.97 Å². The highest BCUT2D eigenvalue weighted by Crippen LogP contribution is 2.02. The van der Waals surface area contributed by atoms with Crippen molar-refractivity contribution in [3.63, 3.8) is 0 Å². The highest BCUT2D eigenvalue weighted by Gasteiger charge is 1.91. The molecule has 0 saturated carbocycles. The third kappa shape index (κ3) is 2.04. The van der Waals surface area contributed by atoms with Gasteiger partial charge in [0.05, 0.1) is 7.11 Å². The number of hydrogen-bond acceptors (Lipinski definition) is 3. The lowest BCUT2D eigenvalue weighted by molar-refractivity contribution is 0.379. The van der Waals surface area contributed by atoms with Gasteiger partial charge < -0.3 is 4.74 Å². The van der Waals surface area contributed by atoms with E-state index in [4.69, 9.17) is 4.74 Å². The number of methoxy groups -OCH3 is 1. The van der Waals surface area contributed by atoms with Gasteiger partial charge >= 0.3 is 6.01 Å². The Morgan fingerprint density at radius 2 is 2.00 bits per heavy atom. The summed E-state index contributed by atoms with van der Waals surface area (Å²) in [6.07, 6.45) is 7.29. The van der Waals surface area contributed by atoms with Gasteiger partial charge in [0.25, 0.3) is 0 Å². The number of hydrogen-bond donors (Lipinski definition) is 0. The maximum atomic E-state index is 4.80. The van der Waals surface area contributed by atoms with Crippen LogP contribution in [0.2, 0.25) is 0 Å². The van der Waals surface area contributed by atoms with Crippen molar-refractivity contribution < 1.29 is 4.74 Å². The predicted octanol–water partition coefficient (Wildman–Crippen LogP) is 1.52. The van der Waals surface area contributed by atoms with Crippen LogP contribution in [0.25, 0.3) is 6.08 Å². The van der Waals surface area contributed by atoms with Crippen molar-refractivity contribution in [2.24, 2.45) is 0 Å². The molecule has 3 heteroatoms. The maximum Gasteiger partial charge on any atom is 0.316 e. The second-order valence-corrected chi connectivity index (χ2v) is 2.00. The Balaban J connectivity index is 2.82. The van der Waals surface area contributed by atoms with Gasteiger partial charge in [-0.2, -0.15) is 0 Å². The molecule has 0 aliphatic carbocycles. The fraction of sp³-hybridized carbons (Fsp3) is 0.250. The van der Waals surface area contributed by atoms with Crippen LogP contribution in [0.15, 0.2) is 18.5 Å². The first kappa shape index (κ1) is 7.72. The molecule has 1 aromatic heterocycles. The van der Waals surface area contributed by atoms with Crippen LogP contribution in [-0.2, 0) is 0 Å². The van der Waals surface area contributed by atoms with Crippen molar-refractivity contribution in [2.45, 2.75) is 6.92 Å². The topological polar surface area (TPSA) is 35.0 Å². The molecule has 0 aliphatic heterocycles. The zero-order chi connectivity index (χ0) is 8.10. The molecule has 1 heterocycles. The molecule has 58 valence electrons. The highest BCUT2D eigenvalue weighted by molar-refractivity contribution is 5.45. The molecule has 0 saturated heterocycles. The van der Waals surface area contributed by atoms with Crippen molar-refractivity contribution >= 4 is 6.08 Å². The zero-order valence-corrected chi connectivity index (χ0v) is 6.61. The Bertz CT molecular complexity index is 241. The number of allylic oxidation sites excluding steroid dienone is 1. The Labute approximate surface area is 65.8 Å². The quantitative estimate of drug-likeness (QED) is 0.641. The van der Waals surface area contributed by atoms with Gasteiger partial charge in [0.2, 0.25) is 0 Å². The second kappa shape index (κ2) is 3.71. The Hall–Kier alpha value is -1.38. The van der Waals surface area contributed by atoms with E-state index >= 15 is 0 Å². The second-order valence-electron chi connectivity index (χ2n) is 2.00. The molecule has 0 bridgehead atoms. The summed E-state index contributed by atoms with van der Waals surface area (Å²) in [5.41, 5.74) is 0.980. The summed E-state index contributed by atoms with van der Waals surface area (Å²) >= 11 is 0. The van der Waals surface area contributed by atoms with Crippen molar-refractivity contribution in [3.05, 3.63) is 24.0 Å². The van der Waals surface area contributed by atoms with E-state index in [-0.39, 0.29) is 0 Å². The molecule has 0 atom stereocenters. The summed E-state index contributed by atoms with van der Waals surface area (Å²) in [6, 6.07) is 0.401. The molecule has 11 heavy (non-hydrogen) atoms. The molecule has 1 aromatic rings. The van der Waals surface area contributed by atoms with E-state index in [0.29, 0.717) is 6.01 Å². The van der Waals surface area contributed by atoms with Crippen LogP contribution in [0.1, 0.15) is 12.5 Å². The fourth-order valence-corrected chi connectivity index (χ4v) is 0.710. The van der Waals surface area contributed by atoms with Crippen molar-refractivity contribution in [2.75, 3.05) is 7.11 Å². The first-order valence-electron chi connectivity index (χ1n) is 3.35. The number of nitrogens with zero attached hydrogens (tertiary/aromatic N) is 2. The van der Waals surface area contributed by atoms with Gasteiger partial charge in [-0.05, 0) is 6.92 Å². The van der Waals surface area contributed by atoms with E-state index in [0.717, 1.165) is 5.56 Å². The monoisotopic (exact) mass is 150 g/mol. The van der Waals surface area contributed by atoms with Crippen molar-refractivity contribution in [3.8, 4) is 6.01 Å². The van der Waals surface area contributed by atoms with E-state index in [1.165, 1.54) is 0 Å². The molecular formula is C8H10N2O. The van der Waals surface area contributed by atoms with Gasteiger partial charge in [-0.15, -0.1) is 0 Å². The summed E-state index contributed by atoms with van der Waals surface area (Å²) < 4.78 is 4.80. The smallest absolute Gasteiger partial charge is 0.316 e. The summed E-state index contributed by atoms with van der Waals surface area (Å²) in [4.78, 5) is 7.86. The van der Waals surface area contributed by atoms with E-state index in [1.807, 2.05) is 19.1 Å². The Morgan fingerprint density at radius 1 is 1.36 bits per heavy atom. The van der Waals surface area contributed by atoms with Crippen molar-refractivity contribution in [1.29, 1.82) is 0 Å².